The lowest BCUT2D eigenvalue weighted by Crippen LogP contribution is -2.26. The largest absolute Gasteiger partial charge is 0.509 e. The summed E-state index contributed by atoms with van der Waals surface area (Å²) in [7, 11) is 0. The number of amidine groups is 1. The first kappa shape index (κ1) is 16.2. The Balaban J connectivity index is 1.72. The molecular formula is C20H20N4O2. The van der Waals surface area contributed by atoms with Gasteiger partial charge in [0.15, 0.2) is 0 Å². The maximum absolute atomic E-state index is 10.5. The van der Waals surface area contributed by atoms with Gasteiger partial charge in [0, 0.05) is 0 Å². The predicted octanol–water partition coefficient (Wildman–Crippen LogP) is 4.04. The molecule has 3 N–H and O–H groups in total. The van der Waals surface area contributed by atoms with Crippen molar-refractivity contribution in [2.24, 2.45) is 0 Å². The summed E-state index contributed by atoms with van der Waals surface area (Å²) in [4.78, 5) is 9.50. The highest BCUT2D eigenvalue weighted by atomic mass is 16.5. The Kier molecular flexibility index (Phi) is 3.88. The number of ether oxygens (including phenoxy) is 1. The molecule has 1 aromatic heterocycles. The molecule has 0 unspecified atom stereocenters. The first-order valence-electron chi connectivity index (χ1n) is 8.55. The molecule has 0 fully saturated rings. The summed E-state index contributed by atoms with van der Waals surface area (Å²) in [5.74, 6) is 1.51. The number of nitrogens with zero attached hydrogens (tertiary/aromatic N) is 2. The number of aliphatic hydroxyl groups excluding tert-OH is 1. The molecule has 1 aliphatic rings. The molecule has 2 heterocycles. The second-order valence-electron chi connectivity index (χ2n) is 6.26. The second kappa shape index (κ2) is 6.22. The molecule has 132 valence electrons. The average Bonchev–Trinajstić information content (AvgIpc) is 3.15. The highest BCUT2D eigenvalue weighted by molar-refractivity contribution is 6.30. The standard InChI is InChI=1S/C20H20N4O2/c1-3-26-17-7-5-4-6-15(17)24-11-16(25)18(19(24)21)20-22-13-9-8-12(2)10-14(13)23-20/h4-10,21,25H,3,11H2,1-2H3,(H,22,23). The summed E-state index contributed by atoms with van der Waals surface area (Å²) in [6.07, 6.45) is 0. The second-order valence-corrected chi connectivity index (χ2v) is 6.26. The number of H-pyrrole nitrogens is 1. The van der Waals surface area contributed by atoms with Gasteiger partial charge >= 0.3 is 0 Å². The van der Waals surface area contributed by atoms with E-state index in [1.165, 1.54) is 0 Å². The van der Waals surface area contributed by atoms with Crippen molar-refractivity contribution in [3.05, 3.63) is 59.6 Å². The van der Waals surface area contributed by atoms with Crippen LogP contribution in [-0.4, -0.2) is 34.1 Å². The van der Waals surface area contributed by atoms with Gasteiger partial charge in [0.25, 0.3) is 0 Å². The topological polar surface area (TPSA) is 85.2 Å². The van der Waals surface area contributed by atoms with E-state index >= 15 is 0 Å². The molecule has 0 saturated heterocycles. The molecule has 1 aliphatic heterocycles. The van der Waals surface area contributed by atoms with Crippen molar-refractivity contribution in [1.29, 1.82) is 5.41 Å². The highest BCUT2D eigenvalue weighted by Gasteiger charge is 2.32. The number of aryl methyl sites for hydroxylation is 1. The van der Waals surface area contributed by atoms with Crippen molar-refractivity contribution in [2.45, 2.75) is 13.8 Å². The number of para-hydroxylation sites is 2. The summed E-state index contributed by atoms with van der Waals surface area (Å²) in [5.41, 5.74) is 4.01. The van der Waals surface area contributed by atoms with Crippen LogP contribution in [0.4, 0.5) is 5.69 Å². The lowest BCUT2D eigenvalue weighted by Gasteiger charge is -2.21. The smallest absolute Gasteiger partial charge is 0.145 e. The number of hydrogen-bond donors (Lipinski definition) is 3. The van der Waals surface area contributed by atoms with E-state index < -0.39 is 0 Å². The van der Waals surface area contributed by atoms with Gasteiger partial charge in [-0.15, -0.1) is 0 Å². The van der Waals surface area contributed by atoms with Crippen molar-refractivity contribution >= 4 is 28.1 Å². The van der Waals surface area contributed by atoms with E-state index in [9.17, 15) is 5.11 Å². The number of nitrogens with one attached hydrogen (secondary N) is 2. The third kappa shape index (κ3) is 2.60. The fourth-order valence-corrected chi connectivity index (χ4v) is 3.23. The Hall–Kier alpha value is -3.28. The molecule has 26 heavy (non-hydrogen) atoms. The van der Waals surface area contributed by atoms with Gasteiger partial charge in [-0.05, 0) is 43.7 Å². The van der Waals surface area contributed by atoms with Crippen molar-refractivity contribution in [1.82, 2.24) is 9.97 Å². The van der Waals surface area contributed by atoms with Crippen molar-refractivity contribution < 1.29 is 9.84 Å². The van der Waals surface area contributed by atoms with Gasteiger partial charge in [-0.3, -0.25) is 5.41 Å². The molecule has 0 bridgehead atoms. The van der Waals surface area contributed by atoms with E-state index in [2.05, 4.69) is 9.97 Å². The van der Waals surface area contributed by atoms with E-state index in [0.717, 1.165) is 22.3 Å². The quantitative estimate of drug-likeness (QED) is 0.664. The van der Waals surface area contributed by atoms with Gasteiger partial charge in [-0.25, -0.2) is 4.98 Å². The minimum absolute atomic E-state index is 0.122. The van der Waals surface area contributed by atoms with E-state index in [4.69, 9.17) is 10.1 Å². The van der Waals surface area contributed by atoms with Gasteiger partial charge in [0.05, 0.1) is 35.4 Å². The van der Waals surface area contributed by atoms with E-state index in [1.807, 2.05) is 56.3 Å². The minimum atomic E-state index is 0.122. The molecule has 6 heteroatoms. The zero-order valence-corrected chi connectivity index (χ0v) is 14.7. The molecule has 0 spiro atoms. The fraction of sp³-hybridized carbons (Fsp3) is 0.200. The van der Waals surface area contributed by atoms with Crippen LogP contribution in [0, 0.1) is 12.3 Å². The molecule has 2 aromatic carbocycles. The Morgan fingerprint density at radius 2 is 2.08 bits per heavy atom. The molecular weight excluding hydrogens is 328 g/mol. The van der Waals surface area contributed by atoms with E-state index in [-0.39, 0.29) is 18.1 Å². The van der Waals surface area contributed by atoms with Crippen LogP contribution < -0.4 is 9.64 Å². The number of fused-ring (bicyclic) bond motifs is 1. The van der Waals surface area contributed by atoms with Crippen molar-refractivity contribution in [3.8, 4) is 5.75 Å². The van der Waals surface area contributed by atoms with Crippen molar-refractivity contribution in [3.63, 3.8) is 0 Å². The Morgan fingerprint density at radius 1 is 1.27 bits per heavy atom. The number of anilines is 1. The maximum atomic E-state index is 10.5. The highest BCUT2D eigenvalue weighted by Crippen LogP contribution is 2.35. The lowest BCUT2D eigenvalue weighted by molar-refractivity contribution is 0.341. The van der Waals surface area contributed by atoms with Gasteiger partial charge in [0.1, 0.15) is 23.2 Å². The SMILES string of the molecule is CCOc1ccccc1N1CC(O)=C(c2nc3ccc(C)cc3[nH]2)C1=N. The molecule has 0 amide bonds. The Labute approximate surface area is 151 Å². The first-order valence-corrected chi connectivity index (χ1v) is 8.55. The molecule has 0 radical (unpaired) electrons. The summed E-state index contributed by atoms with van der Waals surface area (Å²) >= 11 is 0. The first-order chi connectivity index (χ1) is 12.6. The molecule has 3 aromatic rings. The van der Waals surface area contributed by atoms with Crippen LogP contribution in [0.1, 0.15) is 18.3 Å². The van der Waals surface area contributed by atoms with Crippen LogP contribution >= 0.6 is 0 Å². The van der Waals surface area contributed by atoms with Crippen LogP contribution in [0.15, 0.2) is 48.2 Å². The molecule has 6 nitrogen and oxygen atoms in total. The number of rotatable bonds is 4. The molecule has 0 atom stereocenters. The van der Waals surface area contributed by atoms with Gasteiger partial charge in [-0.2, -0.15) is 0 Å². The summed E-state index contributed by atoms with van der Waals surface area (Å²) in [6.45, 7) is 4.69. The number of aromatic nitrogens is 2. The monoisotopic (exact) mass is 348 g/mol. The zero-order valence-electron chi connectivity index (χ0n) is 14.7. The summed E-state index contributed by atoms with van der Waals surface area (Å²) in [6, 6.07) is 13.5. The van der Waals surface area contributed by atoms with Crippen LogP contribution in [0.25, 0.3) is 16.6 Å². The Bertz CT molecular complexity index is 1040. The third-order valence-corrected chi connectivity index (χ3v) is 4.43. The fourth-order valence-electron chi connectivity index (χ4n) is 3.23. The van der Waals surface area contributed by atoms with Gasteiger partial charge in [0.2, 0.25) is 0 Å². The summed E-state index contributed by atoms with van der Waals surface area (Å²) in [5, 5.41) is 19.1. The number of imidazole rings is 1. The third-order valence-electron chi connectivity index (χ3n) is 4.43. The molecule has 0 aliphatic carbocycles. The number of hydrogen-bond acceptors (Lipinski definition) is 4. The van der Waals surface area contributed by atoms with Gasteiger partial charge < -0.3 is 19.7 Å². The maximum Gasteiger partial charge on any atom is 0.145 e. The Morgan fingerprint density at radius 3 is 2.88 bits per heavy atom. The van der Waals surface area contributed by atoms with Gasteiger partial charge in [-0.1, -0.05) is 18.2 Å². The van der Waals surface area contributed by atoms with Crippen LogP contribution in [0.3, 0.4) is 0 Å². The van der Waals surface area contributed by atoms with Crippen LogP contribution in [0.2, 0.25) is 0 Å². The number of aromatic amines is 1. The number of benzene rings is 2. The molecule has 4 rings (SSSR count). The lowest BCUT2D eigenvalue weighted by atomic mass is 10.2. The van der Waals surface area contributed by atoms with Crippen LogP contribution in [-0.2, 0) is 0 Å². The number of aliphatic hydroxyl groups is 1. The predicted molar refractivity (Wildman–Crippen MR) is 103 cm³/mol. The zero-order chi connectivity index (χ0) is 18.3. The molecule has 0 saturated carbocycles. The van der Waals surface area contributed by atoms with E-state index in [0.29, 0.717) is 23.8 Å². The summed E-state index contributed by atoms with van der Waals surface area (Å²) < 4.78 is 5.67. The van der Waals surface area contributed by atoms with E-state index in [1.54, 1.807) is 4.90 Å². The average molecular weight is 348 g/mol. The normalized spacial score (nSPS) is 14.5. The van der Waals surface area contributed by atoms with Crippen molar-refractivity contribution in [2.75, 3.05) is 18.1 Å². The minimum Gasteiger partial charge on any atom is -0.509 e. The van der Waals surface area contributed by atoms with Crippen LogP contribution in [0.5, 0.6) is 5.75 Å².